The summed E-state index contributed by atoms with van der Waals surface area (Å²) in [5.41, 5.74) is 5.27. The molecule has 1 aliphatic heterocycles. The molecule has 0 amide bonds. The van der Waals surface area contributed by atoms with Gasteiger partial charge in [0.2, 0.25) is 0 Å². The molecule has 0 unspecified atom stereocenters. The smallest absolute Gasteiger partial charge is 0.0400 e. The maximum absolute atomic E-state index is 3.51. The third kappa shape index (κ3) is 3.62. The Balaban J connectivity index is 1.56. The third-order valence-electron chi connectivity index (χ3n) is 4.48. The Morgan fingerprint density at radius 2 is 1.55 bits per heavy atom. The van der Waals surface area contributed by atoms with Crippen molar-refractivity contribution in [3.8, 4) is 0 Å². The van der Waals surface area contributed by atoms with E-state index in [4.69, 9.17) is 0 Å². The lowest BCUT2D eigenvalue weighted by Crippen LogP contribution is -2.17. The quantitative estimate of drug-likeness (QED) is 0.832. The number of hydrogen-bond acceptors (Lipinski definition) is 2. The van der Waals surface area contributed by atoms with E-state index in [1.54, 1.807) is 0 Å². The summed E-state index contributed by atoms with van der Waals surface area (Å²) in [4.78, 5) is 2.47. The molecule has 2 nitrogen and oxygen atoms in total. The highest BCUT2D eigenvalue weighted by Gasteiger charge is 2.11. The number of hydrogen-bond donors (Lipinski definition) is 1. The van der Waals surface area contributed by atoms with Crippen LogP contribution in [0, 0.1) is 0 Å². The monoisotopic (exact) mass is 294 g/mol. The predicted molar refractivity (Wildman–Crippen MR) is 95.7 cm³/mol. The molecule has 0 bridgehead atoms. The van der Waals surface area contributed by atoms with Crippen LogP contribution in [-0.4, -0.2) is 13.1 Å². The first kappa shape index (κ1) is 15.0. The van der Waals surface area contributed by atoms with Crippen molar-refractivity contribution in [3.05, 3.63) is 59.7 Å². The lowest BCUT2D eigenvalue weighted by atomic mass is 10.0. The second-order valence-corrected chi connectivity index (χ2v) is 6.49. The minimum Gasteiger partial charge on any atom is -0.381 e. The van der Waals surface area contributed by atoms with E-state index in [1.165, 1.54) is 48.4 Å². The largest absolute Gasteiger partial charge is 0.381 e. The van der Waals surface area contributed by atoms with Crippen molar-refractivity contribution in [2.75, 3.05) is 23.3 Å². The average molecular weight is 294 g/mol. The normalized spacial score (nSPS) is 14.6. The molecule has 1 aliphatic rings. The van der Waals surface area contributed by atoms with Gasteiger partial charge in [-0.05, 0) is 54.2 Å². The molecule has 0 aliphatic carbocycles. The SMILES string of the molecule is CC(C)c1ccc(CNc2ccc(N3CCCC3)cc2)cc1. The Kier molecular flexibility index (Phi) is 4.67. The summed E-state index contributed by atoms with van der Waals surface area (Å²) in [6.07, 6.45) is 2.65. The van der Waals surface area contributed by atoms with Crippen molar-refractivity contribution in [1.29, 1.82) is 0 Å². The molecule has 0 radical (unpaired) electrons. The maximum atomic E-state index is 3.51. The molecule has 116 valence electrons. The van der Waals surface area contributed by atoms with Crippen LogP contribution in [0.3, 0.4) is 0 Å². The topological polar surface area (TPSA) is 15.3 Å². The van der Waals surface area contributed by atoms with E-state index in [0.29, 0.717) is 5.92 Å². The van der Waals surface area contributed by atoms with E-state index in [0.717, 1.165) is 6.54 Å². The minimum absolute atomic E-state index is 0.597. The highest BCUT2D eigenvalue weighted by molar-refractivity contribution is 5.55. The first-order valence-electron chi connectivity index (χ1n) is 8.40. The van der Waals surface area contributed by atoms with Gasteiger partial charge in [0.15, 0.2) is 0 Å². The first-order chi connectivity index (χ1) is 10.7. The number of benzene rings is 2. The molecule has 2 aromatic carbocycles. The van der Waals surface area contributed by atoms with Gasteiger partial charge in [0.25, 0.3) is 0 Å². The van der Waals surface area contributed by atoms with Crippen molar-refractivity contribution >= 4 is 11.4 Å². The Bertz CT molecular complexity index is 578. The van der Waals surface area contributed by atoms with Gasteiger partial charge in [-0.3, -0.25) is 0 Å². The van der Waals surface area contributed by atoms with Crippen LogP contribution in [0.1, 0.15) is 43.7 Å². The molecule has 0 spiro atoms. The number of rotatable bonds is 5. The summed E-state index contributed by atoms with van der Waals surface area (Å²) < 4.78 is 0. The average Bonchev–Trinajstić information content (AvgIpc) is 3.08. The Morgan fingerprint density at radius 3 is 2.14 bits per heavy atom. The molecular formula is C20H26N2. The zero-order valence-electron chi connectivity index (χ0n) is 13.7. The van der Waals surface area contributed by atoms with E-state index in [-0.39, 0.29) is 0 Å². The lowest BCUT2D eigenvalue weighted by Gasteiger charge is -2.18. The van der Waals surface area contributed by atoms with Gasteiger partial charge in [-0.15, -0.1) is 0 Å². The van der Waals surface area contributed by atoms with Gasteiger partial charge in [-0.2, -0.15) is 0 Å². The summed E-state index contributed by atoms with van der Waals surface area (Å²) >= 11 is 0. The fourth-order valence-corrected chi connectivity index (χ4v) is 2.99. The minimum atomic E-state index is 0.597. The van der Waals surface area contributed by atoms with Crippen LogP contribution in [-0.2, 0) is 6.54 Å². The van der Waals surface area contributed by atoms with Crippen molar-refractivity contribution < 1.29 is 0 Å². The van der Waals surface area contributed by atoms with Crippen LogP contribution in [0.4, 0.5) is 11.4 Å². The Hall–Kier alpha value is -1.96. The molecule has 0 aromatic heterocycles. The number of nitrogens with one attached hydrogen (secondary N) is 1. The molecule has 0 saturated carbocycles. The molecule has 2 heteroatoms. The van der Waals surface area contributed by atoms with Crippen LogP contribution in [0.25, 0.3) is 0 Å². The zero-order valence-corrected chi connectivity index (χ0v) is 13.7. The van der Waals surface area contributed by atoms with Gasteiger partial charge >= 0.3 is 0 Å². The van der Waals surface area contributed by atoms with Crippen LogP contribution in [0.2, 0.25) is 0 Å². The molecule has 1 fully saturated rings. The molecular weight excluding hydrogens is 268 g/mol. The molecule has 1 heterocycles. The Morgan fingerprint density at radius 1 is 0.909 bits per heavy atom. The van der Waals surface area contributed by atoms with E-state index in [2.05, 4.69) is 72.6 Å². The molecule has 1 N–H and O–H groups in total. The summed E-state index contributed by atoms with van der Waals surface area (Å²) in [6.45, 7) is 7.75. The molecule has 2 aromatic rings. The number of anilines is 2. The van der Waals surface area contributed by atoms with Crippen LogP contribution < -0.4 is 10.2 Å². The molecule has 3 rings (SSSR count). The van der Waals surface area contributed by atoms with Crippen LogP contribution >= 0.6 is 0 Å². The zero-order chi connectivity index (χ0) is 15.4. The standard InChI is InChI=1S/C20H26N2/c1-16(2)18-7-5-17(6-8-18)15-21-19-9-11-20(12-10-19)22-13-3-4-14-22/h5-12,16,21H,3-4,13-15H2,1-2H3. The van der Waals surface area contributed by atoms with Crippen LogP contribution in [0.15, 0.2) is 48.5 Å². The van der Waals surface area contributed by atoms with Crippen molar-refractivity contribution in [2.45, 2.75) is 39.2 Å². The molecule has 0 atom stereocenters. The highest BCUT2D eigenvalue weighted by atomic mass is 15.1. The third-order valence-corrected chi connectivity index (χ3v) is 4.48. The van der Waals surface area contributed by atoms with Crippen molar-refractivity contribution in [1.82, 2.24) is 0 Å². The number of nitrogens with zero attached hydrogens (tertiary/aromatic N) is 1. The van der Waals surface area contributed by atoms with Gasteiger partial charge in [0.05, 0.1) is 0 Å². The maximum Gasteiger partial charge on any atom is 0.0400 e. The van der Waals surface area contributed by atoms with E-state index >= 15 is 0 Å². The molecule has 22 heavy (non-hydrogen) atoms. The Labute approximate surface area is 134 Å². The van der Waals surface area contributed by atoms with Gasteiger partial charge in [0.1, 0.15) is 0 Å². The van der Waals surface area contributed by atoms with E-state index in [9.17, 15) is 0 Å². The van der Waals surface area contributed by atoms with E-state index < -0.39 is 0 Å². The predicted octanol–water partition coefficient (Wildman–Crippen LogP) is 5.02. The summed E-state index contributed by atoms with van der Waals surface area (Å²) in [7, 11) is 0. The second kappa shape index (κ2) is 6.87. The fraction of sp³-hybridized carbons (Fsp3) is 0.400. The van der Waals surface area contributed by atoms with Crippen molar-refractivity contribution in [3.63, 3.8) is 0 Å². The second-order valence-electron chi connectivity index (χ2n) is 6.49. The van der Waals surface area contributed by atoms with Gasteiger partial charge < -0.3 is 10.2 Å². The van der Waals surface area contributed by atoms with Gasteiger partial charge in [-0.25, -0.2) is 0 Å². The highest BCUT2D eigenvalue weighted by Crippen LogP contribution is 2.22. The van der Waals surface area contributed by atoms with Gasteiger partial charge in [-0.1, -0.05) is 38.1 Å². The van der Waals surface area contributed by atoms with E-state index in [1.807, 2.05) is 0 Å². The molecule has 1 saturated heterocycles. The van der Waals surface area contributed by atoms with Gasteiger partial charge in [0, 0.05) is 31.0 Å². The summed E-state index contributed by atoms with van der Waals surface area (Å²) in [5, 5.41) is 3.51. The van der Waals surface area contributed by atoms with Crippen molar-refractivity contribution in [2.24, 2.45) is 0 Å². The fourth-order valence-electron chi connectivity index (χ4n) is 2.99. The summed E-state index contributed by atoms with van der Waals surface area (Å²) in [6, 6.07) is 17.8. The van der Waals surface area contributed by atoms with Crippen LogP contribution in [0.5, 0.6) is 0 Å². The summed E-state index contributed by atoms with van der Waals surface area (Å²) in [5.74, 6) is 0.597. The first-order valence-corrected chi connectivity index (χ1v) is 8.40. The lowest BCUT2D eigenvalue weighted by molar-refractivity contribution is 0.865.